The molecule has 1 saturated heterocycles. The number of nitrogens with one attached hydrogen (secondary N) is 1. The normalized spacial score (nSPS) is 20.5. The molecule has 2 rings (SSSR count). The summed E-state index contributed by atoms with van der Waals surface area (Å²) in [5.41, 5.74) is 1.09. The monoisotopic (exact) mass is 250 g/mol. The molecule has 1 aliphatic heterocycles. The van der Waals surface area contributed by atoms with Crippen LogP contribution in [0.1, 0.15) is 12.8 Å². The first-order valence-corrected chi connectivity index (χ1v) is 6.40. The largest absolute Gasteiger partial charge is 0.493 e. The first kappa shape index (κ1) is 13.0. The van der Waals surface area contributed by atoms with E-state index >= 15 is 0 Å². The third-order valence-corrected chi connectivity index (χ3v) is 3.38. The van der Waals surface area contributed by atoms with E-state index < -0.39 is 0 Å². The van der Waals surface area contributed by atoms with Crippen LogP contribution in [0.3, 0.4) is 0 Å². The van der Waals surface area contributed by atoms with Crippen molar-refractivity contribution in [2.24, 2.45) is 0 Å². The minimum atomic E-state index is 0.516. The van der Waals surface area contributed by atoms with E-state index in [9.17, 15) is 0 Å². The summed E-state index contributed by atoms with van der Waals surface area (Å²) in [4.78, 5) is 2.36. The van der Waals surface area contributed by atoms with Gasteiger partial charge in [0.05, 0.1) is 14.2 Å². The third-order valence-electron chi connectivity index (χ3n) is 3.38. The summed E-state index contributed by atoms with van der Waals surface area (Å²) in [5, 5.41) is 3.56. The number of anilines is 1. The van der Waals surface area contributed by atoms with Gasteiger partial charge in [-0.1, -0.05) is 0 Å². The fraction of sp³-hybridized carbons (Fsp3) is 0.571. The molecule has 1 aliphatic rings. The highest BCUT2D eigenvalue weighted by molar-refractivity contribution is 5.55. The van der Waals surface area contributed by atoms with E-state index in [1.807, 2.05) is 18.2 Å². The minimum Gasteiger partial charge on any atom is -0.493 e. The zero-order valence-corrected chi connectivity index (χ0v) is 11.4. The van der Waals surface area contributed by atoms with E-state index in [2.05, 4.69) is 17.3 Å². The van der Waals surface area contributed by atoms with Crippen LogP contribution in [0.2, 0.25) is 0 Å². The van der Waals surface area contributed by atoms with Crippen LogP contribution in [0.5, 0.6) is 11.5 Å². The Morgan fingerprint density at radius 2 is 2.00 bits per heavy atom. The molecule has 1 unspecified atom stereocenters. The Morgan fingerprint density at radius 1 is 1.22 bits per heavy atom. The quantitative estimate of drug-likeness (QED) is 0.888. The SMILES string of the molecule is COc1ccc(NC2CCCN(C)C2)cc1OC. The second-order valence-electron chi connectivity index (χ2n) is 4.82. The molecule has 4 heteroatoms. The zero-order chi connectivity index (χ0) is 13.0. The zero-order valence-electron chi connectivity index (χ0n) is 11.4. The number of hydrogen-bond acceptors (Lipinski definition) is 4. The van der Waals surface area contributed by atoms with Crippen LogP contribution in [0.25, 0.3) is 0 Å². The lowest BCUT2D eigenvalue weighted by atomic mass is 10.1. The number of nitrogens with zero attached hydrogens (tertiary/aromatic N) is 1. The van der Waals surface area contributed by atoms with Gasteiger partial charge >= 0.3 is 0 Å². The van der Waals surface area contributed by atoms with Gasteiger partial charge in [0.25, 0.3) is 0 Å². The van der Waals surface area contributed by atoms with E-state index in [4.69, 9.17) is 9.47 Å². The fourth-order valence-electron chi connectivity index (χ4n) is 2.45. The molecule has 4 nitrogen and oxygen atoms in total. The predicted octanol–water partition coefficient (Wildman–Crippen LogP) is 2.21. The Hall–Kier alpha value is -1.42. The predicted molar refractivity (Wildman–Crippen MR) is 73.7 cm³/mol. The number of ether oxygens (including phenoxy) is 2. The van der Waals surface area contributed by atoms with Gasteiger partial charge < -0.3 is 19.7 Å². The van der Waals surface area contributed by atoms with Crippen molar-refractivity contribution in [3.63, 3.8) is 0 Å². The van der Waals surface area contributed by atoms with E-state index in [-0.39, 0.29) is 0 Å². The van der Waals surface area contributed by atoms with Gasteiger partial charge in [-0.25, -0.2) is 0 Å². The highest BCUT2D eigenvalue weighted by atomic mass is 16.5. The van der Waals surface area contributed by atoms with Crippen molar-refractivity contribution in [2.75, 3.05) is 39.7 Å². The molecule has 0 bridgehead atoms. The maximum absolute atomic E-state index is 5.31. The summed E-state index contributed by atoms with van der Waals surface area (Å²) < 4.78 is 10.5. The summed E-state index contributed by atoms with van der Waals surface area (Å²) in [6, 6.07) is 6.48. The number of rotatable bonds is 4. The lowest BCUT2D eigenvalue weighted by Gasteiger charge is -2.31. The lowest BCUT2D eigenvalue weighted by Crippen LogP contribution is -2.39. The standard InChI is InChI=1S/C14H22N2O2/c1-16-8-4-5-12(10-16)15-11-6-7-13(17-2)14(9-11)18-3/h6-7,9,12,15H,4-5,8,10H2,1-3H3. The Bertz CT molecular complexity index is 395. The van der Waals surface area contributed by atoms with Crippen LogP contribution in [0, 0.1) is 0 Å². The summed E-state index contributed by atoms with van der Waals surface area (Å²) in [6.07, 6.45) is 2.47. The fourth-order valence-corrected chi connectivity index (χ4v) is 2.45. The molecule has 0 saturated carbocycles. The molecule has 1 N–H and O–H groups in total. The molecular weight excluding hydrogens is 228 g/mol. The third kappa shape index (κ3) is 3.07. The molecule has 100 valence electrons. The van der Waals surface area contributed by atoms with E-state index in [0.29, 0.717) is 6.04 Å². The molecular formula is C14H22N2O2. The molecule has 1 heterocycles. The molecule has 1 aromatic rings. The number of methoxy groups -OCH3 is 2. The number of likely N-dealkylation sites (tertiary alicyclic amines) is 1. The Labute approximate surface area is 109 Å². The van der Waals surface area contributed by atoms with Crippen LogP contribution in [-0.2, 0) is 0 Å². The highest BCUT2D eigenvalue weighted by Gasteiger charge is 2.17. The van der Waals surface area contributed by atoms with Crippen LogP contribution < -0.4 is 14.8 Å². The average molecular weight is 250 g/mol. The molecule has 18 heavy (non-hydrogen) atoms. The summed E-state index contributed by atoms with van der Waals surface area (Å²) in [5.74, 6) is 1.54. The number of likely N-dealkylation sites (N-methyl/N-ethyl adjacent to an activating group) is 1. The van der Waals surface area contributed by atoms with Gasteiger partial charge in [0.1, 0.15) is 0 Å². The van der Waals surface area contributed by atoms with Gasteiger partial charge in [-0.2, -0.15) is 0 Å². The maximum atomic E-state index is 5.31. The van der Waals surface area contributed by atoms with Crippen molar-refractivity contribution in [3.8, 4) is 11.5 Å². The molecule has 1 fully saturated rings. The van der Waals surface area contributed by atoms with Gasteiger partial charge in [0.2, 0.25) is 0 Å². The number of hydrogen-bond donors (Lipinski definition) is 1. The first-order valence-electron chi connectivity index (χ1n) is 6.40. The van der Waals surface area contributed by atoms with Crippen molar-refractivity contribution in [3.05, 3.63) is 18.2 Å². The number of piperidine rings is 1. The molecule has 1 aromatic carbocycles. The van der Waals surface area contributed by atoms with E-state index in [1.165, 1.54) is 19.4 Å². The molecule has 0 radical (unpaired) electrons. The van der Waals surface area contributed by atoms with Gasteiger partial charge in [0.15, 0.2) is 11.5 Å². The first-order chi connectivity index (χ1) is 8.72. The van der Waals surface area contributed by atoms with Crippen molar-refractivity contribution in [1.29, 1.82) is 0 Å². The molecule has 1 atom stereocenters. The van der Waals surface area contributed by atoms with Crippen molar-refractivity contribution in [2.45, 2.75) is 18.9 Å². The maximum Gasteiger partial charge on any atom is 0.162 e. The Kier molecular flexibility index (Phi) is 4.31. The lowest BCUT2D eigenvalue weighted by molar-refractivity contribution is 0.261. The van der Waals surface area contributed by atoms with Crippen molar-refractivity contribution < 1.29 is 9.47 Å². The second-order valence-corrected chi connectivity index (χ2v) is 4.82. The summed E-state index contributed by atoms with van der Waals surface area (Å²) in [7, 11) is 5.49. The molecule has 0 spiro atoms. The Balaban J connectivity index is 2.04. The van der Waals surface area contributed by atoms with Crippen molar-refractivity contribution in [1.82, 2.24) is 4.90 Å². The van der Waals surface area contributed by atoms with Gasteiger partial charge in [-0.15, -0.1) is 0 Å². The topological polar surface area (TPSA) is 33.7 Å². The van der Waals surface area contributed by atoms with Crippen LogP contribution in [0.4, 0.5) is 5.69 Å². The van der Waals surface area contributed by atoms with Crippen LogP contribution >= 0.6 is 0 Å². The van der Waals surface area contributed by atoms with Gasteiger partial charge in [-0.3, -0.25) is 0 Å². The summed E-state index contributed by atoms with van der Waals surface area (Å²) in [6.45, 7) is 2.29. The van der Waals surface area contributed by atoms with Crippen molar-refractivity contribution >= 4 is 5.69 Å². The minimum absolute atomic E-state index is 0.516. The van der Waals surface area contributed by atoms with E-state index in [1.54, 1.807) is 14.2 Å². The number of benzene rings is 1. The van der Waals surface area contributed by atoms with Gasteiger partial charge in [-0.05, 0) is 38.6 Å². The Morgan fingerprint density at radius 3 is 2.67 bits per heavy atom. The second kappa shape index (κ2) is 5.96. The highest BCUT2D eigenvalue weighted by Crippen LogP contribution is 2.30. The molecule has 0 amide bonds. The van der Waals surface area contributed by atoms with E-state index in [0.717, 1.165) is 23.7 Å². The molecule has 0 aromatic heterocycles. The van der Waals surface area contributed by atoms with Gasteiger partial charge in [0, 0.05) is 24.3 Å². The average Bonchev–Trinajstić information content (AvgIpc) is 2.38. The smallest absolute Gasteiger partial charge is 0.162 e. The van der Waals surface area contributed by atoms with Crippen LogP contribution in [0.15, 0.2) is 18.2 Å². The van der Waals surface area contributed by atoms with Crippen LogP contribution in [-0.4, -0.2) is 45.3 Å². The summed E-state index contributed by atoms with van der Waals surface area (Å²) >= 11 is 0. The molecule has 0 aliphatic carbocycles.